The molecule has 0 spiro atoms. The van der Waals surface area contributed by atoms with E-state index in [0.29, 0.717) is 6.42 Å². The van der Waals surface area contributed by atoms with Crippen LogP contribution in [0.5, 0.6) is 0 Å². The molecule has 0 rings (SSSR count). The van der Waals surface area contributed by atoms with Gasteiger partial charge < -0.3 is 0 Å². The van der Waals surface area contributed by atoms with Crippen molar-refractivity contribution in [3.8, 4) is 0 Å². The molecule has 0 aromatic heterocycles. The van der Waals surface area contributed by atoms with E-state index in [4.69, 9.17) is 11.3 Å². The molecule has 0 fully saturated rings. The first-order valence-electron chi connectivity index (χ1n) is 5.54. The van der Waals surface area contributed by atoms with Crippen LogP contribution in [0, 0.1) is 0 Å². The van der Waals surface area contributed by atoms with E-state index >= 15 is 0 Å². The number of hydrogen-bond donors (Lipinski definition) is 0. The van der Waals surface area contributed by atoms with Crippen LogP contribution in [-0.2, 0) is 47.7 Å². The fourth-order valence-electron chi connectivity index (χ4n) is 1.02. The summed E-state index contributed by atoms with van der Waals surface area (Å²) in [6.07, 6.45) is 1.50. The molecule has 0 bridgehead atoms. The number of hydrogen-bond acceptors (Lipinski definition) is 7. The summed E-state index contributed by atoms with van der Waals surface area (Å²) in [4.78, 5) is 33.1. The Labute approximate surface area is 113 Å². The molecule has 0 radical (unpaired) electrons. The van der Waals surface area contributed by atoms with Crippen LogP contribution in [-0.4, -0.2) is 24.5 Å². The minimum absolute atomic E-state index is 0.195. The van der Waals surface area contributed by atoms with Crippen molar-refractivity contribution in [2.24, 2.45) is 0 Å². The van der Waals surface area contributed by atoms with E-state index in [1.807, 2.05) is 6.92 Å². The fraction of sp³-hybridized carbons (Fsp3) is 0.700. The first-order valence-corrected chi connectivity index (χ1v) is 9.55. The number of unbranched alkanes of at least 4 members (excludes halogenated alkanes) is 1. The van der Waals surface area contributed by atoms with E-state index in [2.05, 4.69) is 0 Å². The Balaban J connectivity index is 4.90. The van der Waals surface area contributed by atoms with Crippen molar-refractivity contribution in [3.63, 3.8) is 0 Å². The van der Waals surface area contributed by atoms with Crippen LogP contribution in [0.25, 0.3) is 0 Å². The molecular weight excluding hydrogens is 323 g/mol. The molecule has 8 heteroatoms. The van der Waals surface area contributed by atoms with Crippen molar-refractivity contribution in [1.82, 2.24) is 0 Å². The average molecular weight is 341 g/mol. The van der Waals surface area contributed by atoms with Crippen LogP contribution in [0.1, 0.15) is 40.5 Å². The van der Waals surface area contributed by atoms with E-state index < -0.39 is 39.9 Å². The van der Waals surface area contributed by atoms with Gasteiger partial charge in [-0.15, -0.1) is 0 Å². The molecular formula is C10H18O7Zr. The average Bonchev–Trinajstić information content (AvgIpc) is 2.13. The van der Waals surface area contributed by atoms with Crippen LogP contribution in [0.3, 0.4) is 0 Å². The van der Waals surface area contributed by atoms with Gasteiger partial charge in [-0.1, -0.05) is 0 Å². The third kappa shape index (κ3) is 7.55. The van der Waals surface area contributed by atoms with Crippen LogP contribution >= 0.6 is 0 Å². The maximum atomic E-state index is 11.0. The summed E-state index contributed by atoms with van der Waals surface area (Å²) in [5.74, 6) is -2.15. The molecule has 0 heterocycles. The second-order valence-electron chi connectivity index (χ2n) is 3.48. The van der Waals surface area contributed by atoms with Crippen molar-refractivity contribution in [3.05, 3.63) is 0 Å². The first-order chi connectivity index (χ1) is 8.31. The summed E-state index contributed by atoms with van der Waals surface area (Å²) < 4.78 is 19.9. The molecule has 0 atom stereocenters. The Morgan fingerprint density at radius 3 is 1.56 bits per heavy atom. The number of carbonyl (C=O) groups excluding carboxylic acids is 3. The van der Waals surface area contributed by atoms with Gasteiger partial charge in [-0.3, -0.25) is 0 Å². The van der Waals surface area contributed by atoms with Gasteiger partial charge >= 0.3 is 113 Å². The maximum absolute atomic E-state index is 11.0. The Morgan fingerprint density at radius 2 is 1.28 bits per heavy atom. The normalized spacial score (nSPS) is 10.7. The Kier molecular flexibility index (Phi) is 8.02. The number of rotatable bonds is 7. The summed E-state index contributed by atoms with van der Waals surface area (Å²) in [5, 5.41) is 0. The third-order valence-corrected chi connectivity index (χ3v) is 6.92. The Morgan fingerprint density at radius 1 is 0.889 bits per heavy atom. The summed E-state index contributed by atoms with van der Waals surface area (Å²) in [6.45, 7) is 5.51. The van der Waals surface area contributed by atoms with Gasteiger partial charge in [-0.25, -0.2) is 0 Å². The van der Waals surface area contributed by atoms with E-state index in [1.165, 1.54) is 0 Å². The van der Waals surface area contributed by atoms with Crippen molar-refractivity contribution >= 4 is 17.9 Å². The second-order valence-corrected chi connectivity index (χ2v) is 8.16. The fourth-order valence-corrected chi connectivity index (χ4v) is 5.33. The van der Waals surface area contributed by atoms with Crippen LogP contribution in [0.2, 0.25) is 0 Å². The predicted molar refractivity (Wildman–Crippen MR) is 56.2 cm³/mol. The zero-order valence-corrected chi connectivity index (χ0v) is 13.4. The van der Waals surface area contributed by atoms with Crippen molar-refractivity contribution in [2.45, 2.75) is 40.5 Å². The second kappa shape index (κ2) is 8.37. The Hall–Kier alpha value is -0.747. The van der Waals surface area contributed by atoms with Gasteiger partial charge in [0.1, 0.15) is 0 Å². The van der Waals surface area contributed by atoms with Gasteiger partial charge in [0, 0.05) is 0 Å². The Bertz CT molecular complexity index is 275. The van der Waals surface area contributed by atoms with Gasteiger partial charge in [-0.05, 0) is 0 Å². The molecule has 0 aliphatic rings. The summed E-state index contributed by atoms with van der Waals surface area (Å²) >= 11 is -4.91. The summed E-state index contributed by atoms with van der Waals surface area (Å²) in [7, 11) is 0. The molecule has 18 heavy (non-hydrogen) atoms. The van der Waals surface area contributed by atoms with Crippen LogP contribution < -0.4 is 0 Å². The van der Waals surface area contributed by atoms with E-state index in [0.717, 1.165) is 27.2 Å². The molecule has 0 aromatic carbocycles. The quantitative estimate of drug-likeness (QED) is 0.645. The zero-order valence-electron chi connectivity index (χ0n) is 11.0. The zero-order chi connectivity index (χ0) is 14.2. The standard InChI is InChI=1S/C4H9O.3C2H4O2.Zr/c1-2-3-4-5;3*1-2(3)4;/h2-4H2,1H3;3*1H3,(H,3,4);/q-1;;;;+4/p-3. The molecule has 0 N–H and O–H groups in total. The molecule has 7 nitrogen and oxygen atoms in total. The SMILES string of the molecule is CCCC[O][Zr]([O]C(C)=O)([O]C(C)=O)[O]C(C)=O. The molecule has 0 aliphatic carbocycles. The van der Waals surface area contributed by atoms with Crippen LogP contribution in [0.15, 0.2) is 0 Å². The van der Waals surface area contributed by atoms with E-state index in [1.54, 1.807) is 0 Å². The van der Waals surface area contributed by atoms with Gasteiger partial charge in [0.15, 0.2) is 0 Å². The minimum atomic E-state index is -4.91. The molecule has 104 valence electrons. The van der Waals surface area contributed by atoms with E-state index in [-0.39, 0.29) is 6.61 Å². The predicted octanol–water partition coefficient (Wildman–Crippen LogP) is 1.31. The molecule has 0 saturated heterocycles. The van der Waals surface area contributed by atoms with Gasteiger partial charge in [0.05, 0.1) is 0 Å². The third-order valence-electron chi connectivity index (χ3n) is 1.58. The van der Waals surface area contributed by atoms with Gasteiger partial charge in [0.25, 0.3) is 0 Å². The summed E-state index contributed by atoms with van der Waals surface area (Å²) in [6, 6.07) is 0. The van der Waals surface area contributed by atoms with E-state index in [9.17, 15) is 14.4 Å². The van der Waals surface area contributed by atoms with Crippen molar-refractivity contribution < 1.29 is 47.7 Å². The molecule has 0 amide bonds. The van der Waals surface area contributed by atoms with Crippen molar-refractivity contribution in [2.75, 3.05) is 6.61 Å². The molecule has 0 saturated carbocycles. The van der Waals surface area contributed by atoms with Gasteiger partial charge in [0.2, 0.25) is 0 Å². The number of carbonyl (C=O) groups is 3. The molecule has 0 aromatic rings. The summed E-state index contributed by atoms with van der Waals surface area (Å²) in [5.41, 5.74) is 0. The van der Waals surface area contributed by atoms with Crippen LogP contribution in [0.4, 0.5) is 0 Å². The topological polar surface area (TPSA) is 88.1 Å². The van der Waals surface area contributed by atoms with Crippen molar-refractivity contribution in [1.29, 1.82) is 0 Å². The molecule has 0 unspecified atom stereocenters. The first kappa shape index (κ1) is 17.3. The molecule has 0 aliphatic heterocycles. The van der Waals surface area contributed by atoms with Gasteiger partial charge in [-0.2, -0.15) is 0 Å². The monoisotopic (exact) mass is 340 g/mol.